The fourth-order valence-electron chi connectivity index (χ4n) is 4.81. The summed E-state index contributed by atoms with van der Waals surface area (Å²) in [6, 6.07) is 21.8. The number of hydrogen-bond donors (Lipinski definition) is 0. The van der Waals surface area contributed by atoms with Gasteiger partial charge in [0.25, 0.3) is 11.5 Å². The van der Waals surface area contributed by atoms with Gasteiger partial charge in [0, 0.05) is 37.4 Å². The molecule has 0 N–H and O–H groups in total. The normalized spacial score (nSPS) is 13.9. The van der Waals surface area contributed by atoms with Crippen molar-refractivity contribution in [2.75, 3.05) is 31.1 Å². The van der Waals surface area contributed by atoms with Gasteiger partial charge in [-0.05, 0) is 67.8 Å². The molecule has 3 aromatic carbocycles. The van der Waals surface area contributed by atoms with E-state index in [1.54, 1.807) is 11.5 Å². The van der Waals surface area contributed by atoms with E-state index in [1.807, 2.05) is 53.4 Å². The van der Waals surface area contributed by atoms with Crippen LogP contribution in [0.5, 0.6) is 0 Å². The molecule has 0 unspecified atom stereocenters. The van der Waals surface area contributed by atoms with Crippen molar-refractivity contribution in [2.24, 2.45) is 0 Å². The Balaban J connectivity index is 1.28. The number of fused-ring (bicyclic) bond motifs is 1. The molecule has 0 atom stereocenters. The van der Waals surface area contributed by atoms with Crippen LogP contribution in [0.2, 0.25) is 0 Å². The molecule has 0 aliphatic carbocycles. The number of aryl methyl sites for hydroxylation is 3. The van der Waals surface area contributed by atoms with Crippen LogP contribution in [0.1, 0.15) is 32.7 Å². The molecular weight excluding hydrogens is 436 g/mol. The first-order valence-electron chi connectivity index (χ1n) is 12.1. The van der Waals surface area contributed by atoms with Crippen LogP contribution in [0.15, 0.2) is 71.5 Å². The van der Waals surface area contributed by atoms with E-state index >= 15 is 0 Å². The average molecular weight is 467 g/mol. The highest BCUT2D eigenvalue weighted by molar-refractivity contribution is 5.94. The minimum absolute atomic E-state index is 0.0551. The molecule has 6 nitrogen and oxygen atoms in total. The van der Waals surface area contributed by atoms with Gasteiger partial charge in [0.05, 0.1) is 17.6 Å². The van der Waals surface area contributed by atoms with E-state index in [2.05, 4.69) is 41.9 Å². The molecule has 2 heterocycles. The number of carbonyl (C=O) groups is 1. The highest BCUT2D eigenvalue weighted by atomic mass is 16.2. The van der Waals surface area contributed by atoms with Gasteiger partial charge in [0.2, 0.25) is 0 Å². The van der Waals surface area contributed by atoms with Gasteiger partial charge in [-0.1, -0.05) is 36.4 Å². The molecule has 1 aliphatic heterocycles. The second-order valence-corrected chi connectivity index (χ2v) is 9.34. The number of para-hydroxylation sites is 2. The van der Waals surface area contributed by atoms with Gasteiger partial charge in [0.15, 0.2) is 0 Å². The summed E-state index contributed by atoms with van der Waals surface area (Å²) in [6.45, 7) is 9.48. The molecule has 1 fully saturated rings. The summed E-state index contributed by atoms with van der Waals surface area (Å²) in [7, 11) is 0. The first kappa shape index (κ1) is 22.8. The predicted octanol–water partition coefficient (Wildman–Crippen LogP) is 4.33. The Morgan fingerprint density at radius 1 is 0.886 bits per heavy atom. The number of benzene rings is 3. The van der Waals surface area contributed by atoms with Crippen LogP contribution < -0.4 is 10.5 Å². The maximum absolute atomic E-state index is 13.2. The molecule has 4 aromatic rings. The molecule has 1 saturated heterocycles. The lowest BCUT2D eigenvalue weighted by Gasteiger charge is -2.37. The maximum Gasteiger partial charge on any atom is 0.272 e. The molecule has 5 rings (SSSR count). The number of aromatic nitrogens is 2. The third-order valence-electron chi connectivity index (χ3n) is 6.83. The Labute approximate surface area is 205 Å². The van der Waals surface area contributed by atoms with Gasteiger partial charge in [-0.3, -0.25) is 9.59 Å². The molecule has 1 amide bonds. The first-order valence-corrected chi connectivity index (χ1v) is 12.1. The molecular formula is C29H30N4O2. The summed E-state index contributed by atoms with van der Waals surface area (Å²) in [5, 5.41) is 0. The minimum atomic E-state index is -0.0921. The van der Waals surface area contributed by atoms with Crippen LogP contribution in [-0.2, 0) is 6.54 Å². The van der Waals surface area contributed by atoms with E-state index in [9.17, 15) is 9.59 Å². The Kier molecular flexibility index (Phi) is 6.12. The van der Waals surface area contributed by atoms with Crippen molar-refractivity contribution in [1.82, 2.24) is 14.5 Å². The first-order chi connectivity index (χ1) is 16.9. The molecule has 0 bridgehead atoms. The Morgan fingerprint density at radius 2 is 1.60 bits per heavy atom. The number of anilines is 1. The average Bonchev–Trinajstić information content (AvgIpc) is 2.88. The lowest BCUT2D eigenvalue weighted by molar-refractivity contribution is 0.0746. The summed E-state index contributed by atoms with van der Waals surface area (Å²) in [5.41, 5.74) is 7.43. The highest BCUT2D eigenvalue weighted by Crippen LogP contribution is 2.23. The molecule has 35 heavy (non-hydrogen) atoms. The number of nitrogens with zero attached hydrogens (tertiary/aromatic N) is 4. The Morgan fingerprint density at radius 3 is 2.34 bits per heavy atom. The summed E-state index contributed by atoms with van der Waals surface area (Å²) < 4.78 is 1.75. The number of hydrogen-bond acceptors (Lipinski definition) is 4. The molecule has 6 heteroatoms. The fourth-order valence-corrected chi connectivity index (χ4v) is 4.81. The monoisotopic (exact) mass is 466 g/mol. The van der Waals surface area contributed by atoms with Gasteiger partial charge in [-0.15, -0.1) is 0 Å². The zero-order valence-corrected chi connectivity index (χ0v) is 20.5. The van der Waals surface area contributed by atoms with E-state index in [0.717, 1.165) is 29.7 Å². The third-order valence-corrected chi connectivity index (χ3v) is 6.83. The Hall–Kier alpha value is -3.93. The van der Waals surface area contributed by atoms with Crippen LogP contribution in [0, 0.1) is 20.8 Å². The fraction of sp³-hybridized carbons (Fsp3) is 0.276. The number of carbonyl (C=O) groups excluding carboxylic acids is 1. The third kappa shape index (κ3) is 4.56. The van der Waals surface area contributed by atoms with Crippen molar-refractivity contribution < 1.29 is 4.79 Å². The zero-order chi connectivity index (χ0) is 24.5. The van der Waals surface area contributed by atoms with Crippen molar-refractivity contribution in [3.63, 3.8) is 0 Å². The molecule has 0 spiro atoms. The minimum Gasteiger partial charge on any atom is -0.368 e. The second-order valence-electron chi connectivity index (χ2n) is 9.34. The van der Waals surface area contributed by atoms with Crippen molar-refractivity contribution in [3.8, 4) is 0 Å². The molecule has 0 saturated carbocycles. The van der Waals surface area contributed by atoms with E-state index in [-0.39, 0.29) is 11.5 Å². The summed E-state index contributed by atoms with van der Waals surface area (Å²) >= 11 is 0. The van der Waals surface area contributed by atoms with Crippen molar-refractivity contribution >= 4 is 22.6 Å². The smallest absolute Gasteiger partial charge is 0.272 e. The molecule has 1 aromatic heterocycles. The highest BCUT2D eigenvalue weighted by Gasteiger charge is 2.23. The van der Waals surface area contributed by atoms with E-state index < -0.39 is 0 Å². The van der Waals surface area contributed by atoms with Crippen LogP contribution in [0.4, 0.5) is 5.69 Å². The van der Waals surface area contributed by atoms with Crippen molar-refractivity contribution in [1.29, 1.82) is 0 Å². The largest absolute Gasteiger partial charge is 0.368 e. The van der Waals surface area contributed by atoms with E-state index in [4.69, 9.17) is 0 Å². The van der Waals surface area contributed by atoms with Crippen molar-refractivity contribution in [3.05, 3.63) is 105 Å². The number of piperazine rings is 1. The Bertz CT molecular complexity index is 1450. The van der Waals surface area contributed by atoms with Crippen LogP contribution in [-0.4, -0.2) is 46.5 Å². The SMILES string of the molecule is Cc1ccc(C)c(N2CCN(C(=O)c3ccc(Cn4c(=O)c(C)nc5ccccc54)cc3)CC2)c1. The van der Waals surface area contributed by atoms with Crippen LogP contribution in [0.25, 0.3) is 11.0 Å². The number of amides is 1. The quantitative estimate of drug-likeness (QED) is 0.449. The summed E-state index contributed by atoms with van der Waals surface area (Å²) in [5.74, 6) is 0.0551. The zero-order valence-electron chi connectivity index (χ0n) is 20.5. The van der Waals surface area contributed by atoms with Crippen molar-refractivity contribution in [2.45, 2.75) is 27.3 Å². The second kappa shape index (κ2) is 9.37. The maximum atomic E-state index is 13.2. The van der Waals surface area contributed by atoms with Gasteiger partial charge < -0.3 is 14.4 Å². The lowest BCUT2D eigenvalue weighted by atomic mass is 10.1. The van der Waals surface area contributed by atoms with Gasteiger partial charge in [0.1, 0.15) is 5.69 Å². The topological polar surface area (TPSA) is 58.4 Å². The molecule has 0 radical (unpaired) electrons. The summed E-state index contributed by atoms with van der Waals surface area (Å²) in [6.07, 6.45) is 0. The van der Waals surface area contributed by atoms with Gasteiger partial charge in [-0.25, -0.2) is 4.98 Å². The predicted molar refractivity (Wildman–Crippen MR) is 140 cm³/mol. The van der Waals surface area contributed by atoms with E-state index in [0.29, 0.717) is 30.9 Å². The van der Waals surface area contributed by atoms with Crippen LogP contribution in [0.3, 0.4) is 0 Å². The standard InChI is InChI=1S/C29H30N4O2/c1-20-8-9-21(2)27(18-20)31-14-16-32(17-15-31)29(35)24-12-10-23(11-13-24)19-33-26-7-5-4-6-25(26)30-22(3)28(33)34/h4-13,18H,14-17,19H2,1-3H3. The van der Waals surface area contributed by atoms with E-state index in [1.165, 1.54) is 16.8 Å². The lowest BCUT2D eigenvalue weighted by Crippen LogP contribution is -2.49. The molecule has 1 aliphatic rings. The van der Waals surface area contributed by atoms with Gasteiger partial charge in [-0.2, -0.15) is 0 Å². The molecule has 178 valence electrons. The van der Waals surface area contributed by atoms with Crippen LogP contribution >= 0.6 is 0 Å². The van der Waals surface area contributed by atoms with Gasteiger partial charge >= 0.3 is 0 Å². The number of rotatable bonds is 4. The summed E-state index contributed by atoms with van der Waals surface area (Å²) in [4.78, 5) is 34.6.